The van der Waals surface area contributed by atoms with Crippen LogP contribution < -0.4 is 0 Å². The summed E-state index contributed by atoms with van der Waals surface area (Å²) in [7, 11) is 0. The van der Waals surface area contributed by atoms with E-state index in [9.17, 15) is 10.1 Å². The molecule has 2 atom stereocenters. The molecule has 2 aliphatic carbocycles. The van der Waals surface area contributed by atoms with Crippen LogP contribution in [0.15, 0.2) is 0 Å². The van der Waals surface area contributed by atoms with Crippen molar-refractivity contribution in [1.29, 1.82) is 0 Å². The van der Waals surface area contributed by atoms with Crippen LogP contribution >= 0.6 is 0 Å². The number of rotatable bonds is 3. The second kappa shape index (κ2) is 3.21. The minimum Gasteiger partial charge on any atom is -0.264 e. The predicted octanol–water partition coefficient (Wildman–Crippen LogP) is 2.87. The zero-order valence-corrected chi connectivity index (χ0v) is 9.03. The first-order valence-corrected chi connectivity index (χ1v) is 5.69. The summed E-state index contributed by atoms with van der Waals surface area (Å²) >= 11 is 0. The van der Waals surface area contributed by atoms with Gasteiger partial charge in [0.05, 0.1) is 0 Å². The Kier molecular flexibility index (Phi) is 2.28. The lowest BCUT2D eigenvalue weighted by Crippen LogP contribution is -2.36. The average Bonchev–Trinajstić information content (AvgIpc) is 2.75. The van der Waals surface area contributed by atoms with Gasteiger partial charge in [0.15, 0.2) is 0 Å². The Hall–Kier alpha value is -0.600. The molecule has 0 amide bonds. The van der Waals surface area contributed by atoms with Crippen molar-refractivity contribution in [3.8, 4) is 0 Å². The Balaban J connectivity index is 2.10. The maximum Gasteiger partial charge on any atom is 0.213 e. The number of fused-ring (bicyclic) bond motifs is 2. The topological polar surface area (TPSA) is 43.1 Å². The number of nitrogens with zero attached hydrogens (tertiary/aromatic N) is 1. The van der Waals surface area contributed by atoms with Gasteiger partial charge in [-0.1, -0.05) is 6.92 Å². The summed E-state index contributed by atoms with van der Waals surface area (Å²) in [5.41, 5.74) is 0.331. The molecule has 0 heterocycles. The maximum atomic E-state index is 10.8. The van der Waals surface area contributed by atoms with Gasteiger partial charge in [-0.2, -0.15) is 0 Å². The molecule has 14 heavy (non-hydrogen) atoms. The van der Waals surface area contributed by atoms with Gasteiger partial charge in [-0.05, 0) is 43.4 Å². The zero-order chi connectivity index (χ0) is 10.3. The van der Waals surface area contributed by atoms with Crippen LogP contribution in [0.3, 0.4) is 0 Å². The summed E-state index contributed by atoms with van der Waals surface area (Å²) in [4.78, 5) is 10.7. The van der Waals surface area contributed by atoms with E-state index in [4.69, 9.17) is 0 Å². The molecular weight excluding hydrogens is 178 g/mol. The van der Waals surface area contributed by atoms with Crippen molar-refractivity contribution in [3.63, 3.8) is 0 Å². The molecule has 0 aromatic rings. The Morgan fingerprint density at radius 3 is 2.29 bits per heavy atom. The molecule has 80 valence electrons. The van der Waals surface area contributed by atoms with E-state index in [-0.39, 0.29) is 16.9 Å². The molecule has 3 nitrogen and oxygen atoms in total. The second-order valence-corrected chi connectivity index (χ2v) is 5.32. The molecule has 0 saturated heterocycles. The van der Waals surface area contributed by atoms with Crippen molar-refractivity contribution in [2.75, 3.05) is 0 Å². The Bertz CT molecular complexity index is 244. The van der Waals surface area contributed by atoms with Crippen LogP contribution in [0.25, 0.3) is 0 Å². The molecule has 2 aliphatic rings. The molecule has 2 unspecified atom stereocenters. The van der Waals surface area contributed by atoms with E-state index in [0.29, 0.717) is 5.41 Å². The summed E-state index contributed by atoms with van der Waals surface area (Å²) in [5.74, 6) is 1.14. The van der Waals surface area contributed by atoms with Gasteiger partial charge in [-0.3, -0.25) is 10.1 Å². The minimum absolute atomic E-state index is 0.106. The van der Waals surface area contributed by atoms with E-state index in [2.05, 4.69) is 6.92 Å². The first-order valence-electron chi connectivity index (χ1n) is 5.69. The Morgan fingerprint density at radius 2 is 1.93 bits per heavy atom. The van der Waals surface area contributed by atoms with Crippen LogP contribution in [-0.4, -0.2) is 11.0 Å². The summed E-state index contributed by atoms with van der Waals surface area (Å²) in [6.45, 7) is 3.85. The third kappa shape index (κ3) is 1.33. The van der Waals surface area contributed by atoms with Crippen molar-refractivity contribution < 1.29 is 4.92 Å². The van der Waals surface area contributed by atoms with E-state index in [1.165, 1.54) is 32.1 Å². The normalized spacial score (nSPS) is 39.7. The van der Waals surface area contributed by atoms with Crippen LogP contribution in [0.5, 0.6) is 0 Å². The molecule has 0 radical (unpaired) electrons. The summed E-state index contributed by atoms with van der Waals surface area (Å²) in [5, 5.41) is 10.8. The lowest BCUT2D eigenvalue weighted by Gasteiger charge is -2.33. The van der Waals surface area contributed by atoms with Crippen molar-refractivity contribution in [2.24, 2.45) is 17.3 Å². The Morgan fingerprint density at radius 1 is 1.36 bits per heavy atom. The fourth-order valence-corrected chi connectivity index (χ4v) is 3.57. The molecule has 0 N–H and O–H groups in total. The highest BCUT2D eigenvalue weighted by Gasteiger charge is 2.51. The van der Waals surface area contributed by atoms with E-state index in [1.807, 2.05) is 0 Å². The molecule has 0 aromatic carbocycles. The monoisotopic (exact) mass is 197 g/mol. The number of hydrogen-bond donors (Lipinski definition) is 0. The van der Waals surface area contributed by atoms with E-state index in [0.717, 1.165) is 5.92 Å². The van der Waals surface area contributed by atoms with Crippen LogP contribution in [-0.2, 0) is 0 Å². The standard InChI is InChI=1S/C11H19NO2/c1-8(9(2)12(13)14)11-5-3-10(7-11)4-6-11/h8-10H,3-7H2,1-2H3. The van der Waals surface area contributed by atoms with Gasteiger partial charge in [0.25, 0.3) is 0 Å². The molecule has 0 aliphatic heterocycles. The van der Waals surface area contributed by atoms with Gasteiger partial charge in [-0.15, -0.1) is 0 Å². The molecule has 0 spiro atoms. The summed E-state index contributed by atoms with van der Waals surface area (Å²) < 4.78 is 0. The third-order valence-electron chi connectivity index (χ3n) is 4.82. The SMILES string of the molecule is CC(C(C)C12CCC(CC1)C2)[N+](=O)[O-]. The summed E-state index contributed by atoms with van der Waals surface area (Å²) in [6, 6.07) is -0.369. The van der Waals surface area contributed by atoms with Gasteiger partial charge in [0.2, 0.25) is 6.04 Å². The molecule has 0 aromatic heterocycles. The predicted molar refractivity (Wildman–Crippen MR) is 54.6 cm³/mol. The molecular formula is C11H19NO2. The largest absolute Gasteiger partial charge is 0.264 e. The van der Waals surface area contributed by atoms with Crippen LogP contribution in [0, 0.1) is 27.4 Å². The van der Waals surface area contributed by atoms with Gasteiger partial charge >= 0.3 is 0 Å². The fraction of sp³-hybridized carbons (Fsp3) is 1.00. The van der Waals surface area contributed by atoms with Gasteiger partial charge in [0, 0.05) is 17.8 Å². The molecule has 2 fully saturated rings. The molecule has 3 heteroatoms. The highest BCUT2D eigenvalue weighted by molar-refractivity contribution is 4.99. The van der Waals surface area contributed by atoms with E-state index < -0.39 is 0 Å². The average molecular weight is 197 g/mol. The van der Waals surface area contributed by atoms with Gasteiger partial charge in [0.1, 0.15) is 0 Å². The van der Waals surface area contributed by atoms with Crippen molar-refractivity contribution in [3.05, 3.63) is 10.1 Å². The number of nitro groups is 1. The smallest absolute Gasteiger partial charge is 0.213 e. The zero-order valence-electron chi connectivity index (χ0n) is 9.03. The van der Waals surface area contributed by atoms with E-state index in [1.54, 1.807) is 6.92 Å². The second-order valence-electron chi connectivity index (χ2n) is 5.32. The summed E-state index contributed by atoms with van der Waals surface area (Å²) in [6.07, 6.45) is 6.35. The Labute approximate surface area is 85.0 Å². The molecule has 2 saturated carbocycles. The highest BCUT2D eigenvalue weighted by Crippen LogP contribution is 2.58. The van der Waals surface area contributed by atoms with Gasteiger partial charge in [-0.25, -0.2) is 0 Å². The fourth-order valence-electron chi connectivity index (χ4n) is 3.57. The first kappa shape index (κ1) is 9.94. The number of hydrogen-bond acceptors (Lipinski definition) is 2. The lowest BCUT2D eigenvalue weighted by atomic mass is 9.71. The lowest BCUT2D eigenvalue weighted by molar-refractivity contribution is -0.531. The van der Waals surface area contributed by atoms with Crippen molar-refractivity contribution >= 4 is 0 Å². The van der Waals surface area contributed by atoms with Crippen molar-refractivity contribution in [1.82, 2.24) is 0 Å². The quantitative estimate of drug-likeness (QED) is 0.515. The molecule has 2 rings (SSSR count). The highest BCUT2D eigenvalue weighted by atomic mass is 16.6. The molecule has 2 bridgehead atoms. The first-order chi connectivity index (χ1) is 6.55. The van der Waals surface area contributed by atoms with Crippen LogP contribution in [0.1, 0.15) is 46.0 Å². The van der Waals surface area contributed by atoms with Gasteiger partial charge < -0.3 is 0 Å². The minimum atomic E-state index is -0.369. The van der Waals surface area contributed by atoms with Crippen LogP contribution in [0.2, 0.25) is 0 Å². The third-order valence-corrected chi connectivity index (χ3v) is 4.82. The van der Waals surface area contributed by atoms with E-state index >= 15 is 0 Å². The van der Waals surface area contributed by atoms with Crippen molar-refractivity contribution in [2.45, 2.75) is 52.0 Å². The van der Waals surface area contributed by atoms with Crippen LogP contribution in [0.4, 0.5) is 0 Å². The maximum absolute atomic E-state index is 10.8.